The first-order valence-corrected chi connectivity index (χ1v) is 19.2. The van der Waals surface area contributed by atoms with Gasteiger partial charge in [0.1, 0.15) is 10.0 Å². The van der Waals surface area contributed by atoms with E-state index in [0.717, 1.165) is 19.7 Å². The van der Waals surface area contributed by atoms with Crippen molar-refractivity contribution in [3.8, 4) is 39.3 Å². The Labute approximate surface area is 273 Å². The van der Waals surface area contributed by atoms with Gasteiger partial charge < -0.3 is 0 Å². The van der Waals surface area contributed by atoms with Crippen molar-refractivity contribution in [3.63, 3.8) is 0 Å². The molecule has 0 fully saturated rings. The highest BCUT2D eigenvalue weighted by atomic mass is 32.1. The fourth-order valence-electron chi connectivity index (χ4n) is 6.60. The van der Waals surface area contributed by atoms with Crippen LogP contribution in [0, 0.1) is 55.4 Å². The number of nitrogens with zero attached hydrogens (tertiary/aromatic N) is 2. The predicted octanol–water partition coefficient (Wildman–Crippen LogP) is 12.7. The number of aryl methyl sites for hydroxylation is 2. The third kappa shape index (κ3) is 3.75. The molecule has 0 aromatic carbocycles. The van der Waals surface area contributed by atoms with Gasteiger partial charge in [-0.25, -0.2) is 9.97 Å². The maximum Gasteiger partial charge on any atom is 0.155 e. The molecule has 1 aliphatic rings. The molecule has 6 aromatic rings. The topological polar surface area (TPSA) is 25.8 Å². The Kier molecular flexibility index (Phi) is 6.51. The Bertz CT molecular complexity index is 2050. The second kappa shape index (κ2) is 9.41. The van der Waals surface area contributed by atoms with Gasteiger partial charge in [0.05, 0.1) is 9.75 Å². The van der Waals surface area contributed by atoms with Gasteiger partial charge in [0.2, 0.25) is 0 Å². The van der Waals surface area contributed by atoms with Gasteiger partial charge in [0.15, 0.2) is 9.66 Å². The highest BCUT2D eigenvalue weighted by Gasteiger charge is 2.50. The largest absolute Gasteiger partial charge is 0.222 e. The van der Waals surface area contributed by atoms with E-state index in [2.05, 4.69) is 83.1 Å². The van der Waals surface area contributed by atoms with Crippen LogP contribution in [0.2, 0.25) is 0 Å². The van der Waals surface area contributed by atoms with Crippen molar-refractivity contribution in [1.29, 1.82) is 0 Å². The van der Waals surface area contributed by atoms with E-state index in [1.54, 1.807) is 33.8 Å². The molecule has 0 saturated heterocycles. The summed E-state index contributed by atoms with van der Waals surface area (Å²) in [6.45, 7) is 28.1. The van der Waals surface area contributed by atoms with Crippen molar-refractivity contribution in [2.75, 3.05) is 0 Å². The highest BCUT2D eigenvalue weighted by molar-refractivity contribution is 7.33. The zero-order valence-corrected chi connectivity index (χ0v) is 31.2. The Hall–Kier alpha value is -1.68. The average molecular weight is 665 g/mol. The number of fused-ring (bicyclic) bond motifs is 4. The number of thiophene rings is 4. The van der Waals surface area contributed by atoms with Crippen molar-refractivity contribution < 1.29 is 0 Å². The minimum Gasteiger partial charge on any atom is -0.222 e. The molecular formula is C34H36N2S6. The Balaban J connectivity index is 1.34. The van der Waals surface area contributed by atoms with Crippen LogP contribution in [0.25, 0.3) is 48.9 Å². The first-order chi connectivity index (χ1) is 19.6. The van der Waals surface area contributed by atoms with E-state index >= 15 is 0 Å². The lowest BCUT2D eigenvalue weighted by Crippen LogP contribution is -2.43. The normalized spacial score (nSPS) is 15.5. The first kappa shape index (κ1) is 29.1. The van der Waals surface area contributed by atoms with E-state index in [4.69, 9.17) is 9.97 Å². The molecule has 2 nitrogen and oxygen atoms in total. The van der Waals surface area contributed by atoms with Crippen LogP contribution in [-0.2, 0) is 10.8 Å². The molecule has 1 aliphatic carbocycles. The lowest BCUT2D eigenvalue weighted by atomic mass is 9.57. The Morgan fingerprint density at radius 3 is 1.31 bits per heavy atom. The molecule has 0 saturated carbocycles. The van der Waals surface area contributed by atoms with Gasteiger partial charge in [-0.3, -0.25) is 0 Å². The van der Waals surface area contributed by atoms with Gasteiger partial charge in [-0.1, -0.05) is 50.4 Å². The maximum absolute atomic E-state index is 5.16. The highest BCUT2D eigenvalue weighted by Crippen LogP contribution is 2.62. The maximum atomic E-state index is 5.16. The van der Waals surface area contributed by atoms with Gasteiger partial charge in [0, 0.05) is 40.1 Å². The summed E-state index contributed by atoms with van der Waals surface area (Å²) in [5.41, 5.74) is 11.6. The molecular weight excluding hydrogens is 629 g/mol. The summed E-state index contributed by atoms with van der Waals surface area (Å²) in [6, 6.07) is 0. The lowest BCUT2D eigenvalue weighted by Gasteiger charge is -2.47. The minimum absolute atomic E-state index is 0.0382. The third-order valence-electron chi connectivity index (χ3n) is 10.3. The van der Waals surface area contributed by atoms with Gasteiger partial charge in [-0.05, 0) is 99.9 Å². The fraction of sp³-hybridized carbons (Fsp3) is 0.412. The summed E-state index contributed by atoms with van der Waals surface area (Å²) in [4.78, 5) is 23.6. The van der Waals surface area contributed by atoms with Crippen LogP contribution in [0.5, 0.6) is 0 Å². The molecule has 0 spiro atoms. The molecule has 0 radical (unpaired) electrons. The number of rotatable bonds is 3. The van der Waals surface area contributed by atoms with E-state index in [1.807, 2.05) is 45.3 Å². The van der Waals surface area contributed by atoms with E-state index in [1.165, 1.54) is 72.4 Å². The van der Waals surface area contributed by atoms with Crippen molar-refractivity contribution in [1.82, 2.24) is 9.97 Å². The Morgan fingerprint density at radius 1 is 0.381 bits per heavy atom. The fourth-order valence-corrected chi connectivity index (χ4v) is 14.6. The van der Waals surface area contributed by atoms with E-state index in [0.29, 0.717) is 0 Å². The number of hydrogen-bond donors (Lipinski definition) is 0. The predicted molar refractivity (Wildman–Crippen MR) is 192 cm³/mol. The molecule has 218 valence electrons. The second-order valence-corrected chi connectivity index (χ2v) is 19.3. The smallest absolute Gasteiger partial charge is 0.155 e. The molecule has 42 heavy (non-hydrogen) atoms. The quantitative estimate of drug-likeness (QED) is 0.188. The van der Waals surface area contributed by atoms with Crippen LogP contribution in [0.3, 0.4) is 0 Å². The molecule has 8 heteroatoms. The monoisotopic (exact) mass is 664 g/mol. The SMILES string of the molecule is Cc1sc(-c2nc3sc(-c4sc(-c5sc6c(c5C)C(C)(C)C(C)(C)c5c-6sc(C)c5C)c(C)c4C)nc3s2)c(C)c1C. The first-order valence-electron chi connectivity index (χ1n) is 14.3. The molecule has 6 aromatic heterocycles. The zero-order valence-electron chi connectivity index (χ0n) is 26.3. The minimum atomic E-state index is 0.0382. The summed E-state index contributed by atoms with van der Waals surface area (Å²) in [5.74, 6) is 0. The summed E-state index contributed by atoms with van der Waals surface area (Å²) in [5, 5.41) is 2.21. The van der Waals surface area contributed by atoms with Gasteiger partial charge in [-0.15, -0.1) is 45.3 Å². The van der Waals surface area contributed by atoms with Crippen LogP contribution in [-0.4, -0.2) is 9.97 Å². The van der Waals surface area contributed by atoms with Crippen LogP contribution in [0.1, 0.15) is 82.0 Å². The zero-order chi connectivity index (χ0) is 30.2. The molecule has 0 aliphatic heterocycles. The van der Waals surface area contributed by atoms with Crippen LogP contribution in [0.15, 0.2) is 0 Å². The van der Waals surface area contributed by atoms with Crippen molar-refractivity contribution >= 4 is 77.7 Å². The van der Waals surface area contributed by atoms with Crippen molar-refractivity contribution in [3.05, 3.63) is 54.3 Å². The molecule has 0 bridgehead atoms. The van der Waals surface area contributed by atoms with Gasteiger partial charge in [0.25, 0.3) is 0 Å². The standard InChI is InChI=1S/C34H36N2S6/c1-13-14(2)25(37-19(13)7)29-35-31-32(41-29)36-30(42-31)26-16(4)15(3)23(39-26)24-18(6)22-28(40-24)27-21(17(5)20(8)38-27)33(9,10)34(22,11)12/h1-12H3. The number of thiazole rings is 2. The van der Waals surface area contributed by atoms with E-state index in [9.17, 15) is 0 Å². The molecule has 0 N–H and O–H groups in total. The summed E-state index contributed by atoms with van der Waals surface area (Å²) in [7, 11) is 0. The molecule has 0 unspecified atom stereocenters. The molecule has 7 rings (SSSR count). The van der Waals surface area contributed by atoms with Crippen LogP contribution in [0.4, 0.5) is 0 Å². The van der Waals surface area contributed by atoms with Crippen molar-refractivity contribution in [2.45, 2.75) is 93.9 Å². The third-order valence-corrected chi connectivity index (χ3v) is 18.1. The van der Waals surface area contributed by atoms with Crippen LogP contribution >= 0.6 is 68.0 Å². The number of aromatic nitrogens is 2. The summed E-state index contributed by atoms with van der Waals surface area (Å²) >= 11 is 11.3. The lowest BCUT2D eigenvalue weighted by molar-refractivity contribution is 0.299. The number of hydrogen-bond acceptors (Lipinski definition) is 8. The van der Waals surface area contributed by atoms with Gasteiger partial charge >= 0.3 is 0 Å². The molecule has 0 amide bonds. The average Bonchev–Trinajstić information content (AvgIpc) is 3.73. The molecule has 6 heterocycles. The summed E-state index contributed by atoms with van der Waals surface area (Å²) < 4.78 is 0. The van der Waals surface area contributed by atoms with Crippen molar-refractivity contribution in [2.24, 2.45) is 0 Å². The van der Waals surface area contributed by atoms with Gasteiger partial charge in [-0.2, -0.15) is 0 Å². The van der Waals surface area contributed by atoms with E-state index in [-0.39, 0.29) is 10.8 Å². The second-order valence-electron chi connectivity index (χ2n) is 12.9. The summed E-state index contributed by atoms with van der Waals surface area (Å²) in [6.07, 6.45) is 0. The Morgan fingerprint density at radius 2 is 0.762 bits per heavy atom. The van der Waals surface area contributed by atoms with Crippen LogP contribution < -0.4 is 0 Å². The molecule has 0 atom stereocenters. The van der Waals surface area contributed by atoms with E-state index < -0.39 is 0 Å².